The molecule has 1 aliphatic rings. The quantitative estimate of drug-likeness (QED) is 0.875. The molecule has 0 radical (unpaired) electrons. The Bertz CT molecular complexity index is 762. The lowest BCUT2D eigenvalue weighted by Crippen LogP contribution is -2.34. The van der Waals surface area contributed by atoms with Gasteiger partial charge >= 0.3 is 5.97 Å². The number of amides is 1. The van der Waals surface area contributed by atoms with Crippen LogP contribution in [-0.4, -0.2) is 18.5 Å². The highest BCUT2D eigenvalue weighted by molar-refractivity contribution is 5.92. The molecule has 0 saturated heterocycles. The number of rotatable bonds is 4. The van der Waals surface area contributed by atoms with Crippen LogP contribution in [0.5, 0.6) is 0 Å². The van der Waals surface area contributed by atoms with Crippen molar-refractivity contribution in [1.29, 1.82) is 0 Å². The minimum Gasteiger partial charge on any atom is -0.466 e. The van der Waals surface area contributed by atoms with Crippen LogP contribution in [0.2, 0.25) is 0 Å². The van der Waals surface area contributed by atoms with E-state index in [1.807, 2.05) is 18.2 Å². The van der Waals surface area contributed by atoms with E-state index in [0.29, 0.717) is 17.1 Å². The van der Waals surface area contributed by atoms with Crippen molar-refractivity contribution in [2.24, 2.45) is 0 Å². The second kappa shape index (κ2) is 6.91. The zero-order chi connectivity index (χ0) is 17.1. The van der Waals surface area contributed by atoms with Crippen molar-refractivity contribution >= 4 is 11.9 Å². The van der Waals surface area contributed by atoms with E-state index in [1.165, 1.54) is 5.56 Å². The molecule has 0 spiro atoms. The number of carbonyl (C=O) groups is 2. The summed E-state index contributed by atoms with van der Waals surface area (Å²) in [5.74, 6) is 0.313. The van der Waals surface area contributed by atoms with Crippen LogP contribution in [0.4, 0.5) is 0 Å². The standard InChI is InChI=1S/C19H21NO4/c1-12-10-16(13(2)24-12)19(22)23-11-18(21)20-17-9-5-7-14-6-3-4-8-15(14)17/h3-4,6,8,10,17H,5,7,9,11H2,1-2H3,(H,20,21)/t17-/m1/s1. The van der Waals surface area contributed by atoms with Crippen LogP contribution in [-0.2, 0) is 16.0 Å². The smallest absolute Gasteiger partial charge is 0.342 e. The van der Waals surface area contributed by atoms with E-state index in [0.717, 1.165) is 24.8 Å². The molecule has 0 bridgehead atoms. The van der Waals surface area contributed by atoms with Crippen LogP contribution >= 0.6 is 0 Å². The van der Waals surface area contributed by atoms with E-state index in [9.17, 15) is 9.59 Å². The van der Waals surface area contributed by atoms with Gasteiger partial charge in [0.2, 0.25) is 0 Å². The third kappa shape index (κ3) is 3.50. The van der Waals surface area contributed by atoms with E-state index < -0.39 is 5.97 Å². The molecule has 0 saturated carbocycles. The van der Waals surface area contributed by atoms with Crippen LogP contribution in [0.1, 0.15) is 51.9 Å². The van der Waals surface area contributed by atoms with E-state index in [1.54, 1.807) is 19.9 Å². The van der Waals surface area contributed by atoms with Crippen LogP contribution < -0.4 is 5.32 Å². The van der Waals surface area contributed by atoms with E-state index in [2.05, 4.69) is 11.4 Å². The van der Waals surface area contributed by atoms with Crippen molar-refractivity contribution in [3.8, 4) is 0 Å². The van der Waals surface area contributed by atoms with E-state index in [-0.39, 0.29) is 18.6 Å². The Morgan fingerprint density at radius 2 is 2.08 bits per heavy atom. The summed E-state index contributed by atoms with van der Waals surface area (Å²) in [6.45, 7) is 3.17. The van der Waals surface area contributed by atoms with Crippen molar-refractivity contribution < 1.29 is 18.7 Å². The zero-order valence-corrected chi connectivity index (χ0v) is 13.9. The first kappa shape index (κ1) is 16.3. The van der Waals surface area contributed by atoms with Crippen LogP contribution in [0, 0.1) is 13.8 Å². The van der Waals surface area contributed by atoms with Gasteiger partial charge in [-0.25, -0.2) is 4.79 Å². The second-order valence-corrected chi connectivity index (χ2v) is 6.11. The average Bonchev–Trinajstić information content (AvgIpc) is 2.91. The monoisotopic (exact) mass is 327 g/mol. The average molecular weight is 327 g/mol. The highest BCUT2D eigenvalue weighted by atomic mass is 16.5. The lowest BCUT2D eigenvalue weighted by atomic mass is 9.88. The first-order valence-electron chi connectivity index (χ1n) is 8.16. The van der Waals surface area contributed by atoms with Gasteiger partial charge in [-0.05, 0) is 50.3 Å². The predicted molar refractivity (Wildman–Crippen MR) is 88.7 cm³/mol. The minimum atomic E-state index is -0.538. The second-order valence-electron chi connectivity index (χ2n) is 6.11. The molecule has 1 aromatic heterocycles. The number of benzene rings is 1. The first-order chi connectivity index (χ1) is 11.5. The maximum atomic E-state index is 12.1. The number of ether oxygens (including phenoxy) is 1. The number of aryl methyl sites for hydroxylation is 3. The summed E-state index contributed by atoms with van der Waals surface area (Å²) in [7, 11) is 0. The molecule has 1 amide bonds. The van der Waals surface area contributed by atoms with Crippen LogP contribution in [0.15, 0.2) is 34.7 Å². The summed E-state index contributed by atoms with van der Waals surface area (Å²) in [4.78, 5) is 24.1. The van der Waals surface area contributed by atoms with E-state index >= 15 is 0 Å². The summed E-state index contributed by atoms with van der Waals surface area (Å²) in [6.07, 6.45) is 2.97. The molecule has 5 heteroatoms. The number of furan rings is 1. The largest absolute Gasteiger partial charge is 0.466 e. The lowest BCUT2D eigenvalue weighted by Gasteiger charge is -2.26. The summed E-state index contributed by atoms with van der Waals surface area (Å²) in [6, 6.07) is 9.74. The molecule has 0 aliphatic heterocycles. The molecule has 1 heterocycles. The van der Waals surface area contributed by atoms with Gasteiger partial charge in [0.15, 0.2) is 6.61 Å². The zero-order valence-electron chi connectivity index (χ0n) is 13.9. The van der Waals surface area contributed by atoms with Gasteiger partial charge in [-0.1, -0.05) is 24.3 Å². The number of nitrogens with one attached hydrogen (secondary N) is 1. The molecule has 2 aromatic rings. The Kier molecular flexibility index (Phi) is 4.69. The molecule has 0 fully saturated rings. The fraction of sp³-hybridized carbons (Fsp3) is 0.368. The number of hydrogen-bond donors (Lipinski definition) is 1. The Balaban J connectivity index is 1.57. The van der Waals surface area contributed by atoms with Gasteiger partial charge in [-0.3, -0.25) is 4.79 Å². The summed E-state index contributed by atoms with van der Waals surface area (Å²) < 4.78 is 10.4. The van der Waals surface area contributed by atoms with Crippen molar-refractivity contribution in [2.75, 3.05) is 6.61 Å². The third-order valence-corrected chi connectivity index (χ3v) is 4.30. The van der Waals surface area contributed by atoms with Crippen molar-refractivity contribution in [3.05, 3.63) is 58.5 Å². The van der Waals surface area contributed by atoms with Crippen molar-refractivity contribution in [3.63, 3.8) is 0 Å². The number of hydrogen-bond acceptors (Lipinski definition) is 4. The van der Waals surface area contributed by atoms with Gasteiger partial charge in [-0.15, -0.1) is 0 Å². The SMILES string of the molecule is Cc1cc(C(=O)OCC(=O)N[C@@H]2CCCc3ccccc32)c(C)o1. The topological polar surface area (TPSA) is 68.5 Å². The molecule has 0 unspecified atom stereocenters. The first-order valence-corrected chi connectivity index (χ1v) is 8.16. The van der Waals surface area contributed by atoms with Crippen LogP contribution in [0.25, 0.3) is 0 Å². The molecule has 1 atom stereocenters. The Morgan fingerprint density at radius 3 is 2.83 bits per heavy atom. The minimum absolute atomic E-state index is 0.0148. The highest BCUT2D eigenvalue weighted by Crippen LogP contribution is 2.29. The summed E-state index contributed by atoms with van der Waals surface area (Å²) in [5, 5.41) is 2.96. The number of esters is 1. The molecule has 1 aromatic carbocycles. The lowest BCUT2D eigenvalue weighted by molar-refractivity contribution is -0.125. The summed E-state index contributed by atoms with van der Waals surface area (Å²) in [5.41, 5.74) is 2.79. The molecule has 126 valence electrons. The number of fused-ring (bicyclic) bond motifs is 1. The number of carbonyl (C=O) groups excluding carboxylic acids is 2. The van der Waals surface area contributed by atoms with Gasteiger partial charge < -0.3 is 14.5 Å². The molecule has 3 rings (SSSR count). The van der Waals surface area contributed by atoms with Gasteiger partial charge in [0, 0.05) is 0 Å². The molecule has 24 heavy (non-hydrogen) atoms. The molecular weight excluding hydrogens is 306 g/mol. The molecule has 1 aliphatic carbocycles. The Hall–Kier alpha value is -2.56. The summed E-state index contributed by atoms with van der Waals surface area (Å²) >= 11 is 0. The fourth-order valence-corrected chi connectivity index (χ4v) is 3.18. The maximum absolute atomic E-state index is 12.1. The van der Waals surface area contributed by atoms with Crippen LogP contribution in [0.3, 0.4) is 0 Å². The molecular formula is C19H21NO4. The van der Waals surface area contributed by atoms with E-state index in [4.69, 9.17) is 9.15 Å². The normalized spacial score (nSPS) is 16.3. The van der Waals surface area contributed by atoms with Gasteiger partial charge in [0.1, 0.15) is 17.1 Å². The molecule has 5 nitrogen and oxygen atoms in total. The van der Waals surface area contributed by atoms with Crippen molar-refractivity contribution in [2.45, 2.75) is 39.2 Å². The third-order valence-electron chi connectivity index (χ3n) is 4.30. The van der Waals surface area contributed by atoms with Gasteiger partial charge in [0.25, 0.3) is 5.91 Å². The highest BCUT2D eigenvalue weighted by Gasteiger charge is 2.22. The molecule has 1 N–H and O–H groups in total. The predicted octanol–water partition coefficient (Wildman–Crippen LogP) is 3.25. The van der Waals surface area contributed by atoms with Gasteiger partial charge in [0.05, 0.1) is 6.04 Å². The maximum Gasteiger partial charge on any atom is 0.342 e. The Labute approximate surface area is 141 Å². The van der Waals surface area contributed by atoms with Gasteiger partial charge in [-0.2, -0.15) is 0 Å². The van der Waals surface area contributed by atoms with Crippen molar-refractivity contribution in [1.82, 2.24) is 5.32 Å². The Morgan fingerprint density at radius 1 is 1.29 bits per heavy atom. The fourth-order valence-electron chi connectivity index (χ4n) is 3.18.